The first-order valence-corrected chi connectivity index (χ1v) is 7.76. The van der Waals surface area contributed by atoms with Crippen LogP contribution in [0.3, 0.4) is 0 Å². The number of ether oxygens (including phenoxy) is 1. The molecule has 0 fully saturated rings. The molecule has 0 saturated heterocycles. The molecule has 0 saturated carbocycles. The molecular formula is C18H22ClNO. The molecule has 2 rings (SSSR count). The van der Waals surface area contributed by atoms with Crippen LogP contribution in [-0.2, 0) is 0 Å². The highest BCUT2D eigenvalue weighted by Gasteiger charge is 2.12. The molecule has 2 nitrogen and oxygen atoms in total. The number of aryl methyl sites for hydroxylation is 1. The van der Waals surface area contributed by atoms with E-state index in [4.69, 9.17) is 16.3 Å². The summed E-state index contributed by atoms with van der Waals surface area (Å²) in [7, 11) is 0. The minimum Gasteiger partial charge on any atom is -0.455 e. The molecule has 0 heterocycles. The Morgan fingerprint density at radius 3 is 2.62 bits per heavy atom. The average Bonchev–Trinajstić information content (AvgIpc) is 2.48. The van der Waals surface area contributed by atoms with E-state index in [1.807, 2.05) is 43.3 Å². The van der Waals surface area contributed by atoms with E-state index in [9.17, 15) is 0 Å². The minimum atomic E-state index is 0.241. The monoisotopic (exact) mass is 303 g/mol. The Labute approximate surface area is 132 Å². The molecule has 0 aromatic heterocycles. The fraction of sp³-hybridized carbons (Fsp3) is 0.333. The second-order valence-corrected chi connectivity index (χ2v) is 5.66. The molecule has 2 aromatic rings. The van der Waals surface area contributed by atoms with Crippen molar-refractivity contribution in [3.63, 3.8) is 0 Å². The summed E-state index contributed by atoms with van der Waals surface area (Å²) in [5.41, 5.74) is 2.27. The maximum atomic E-state index is 6.25. The van der Waals surface area contributed by atoms with Gasteiger partial charge in [0.25, 0.3) is 0 Å². The lowest BCUT2D eigenvalue weighted by molar-refractivity contribution is 0.461. The second-order valence-electron chi connectivity index (χ2n) is 5.25. The molecule has 3 heteroatoms. The summed E-state index contributed by atoms with van der Waals surface area (Å²) in [6, 6.07) is 14.2. The normalized spacial score (nSPS) is 12.2. The lowest BCUT2D eigenvalue weighted by Crippen LogP contribution is -2.19. The van der Waals surface area contributed by atoms with E-state index >= 15 is 0 Å². The summed E-state index contributed by atoms with van der Waals surface area (Å²) < 4.78 is 6.02. The zero-order valence-electron chi connectivity index (χ0n) is 12.8. The summed E-state index contributed by atoms with van der Waals surface area (Å²) in [6.45, 7) is 7.31. The molecule has 0 bridgehead atoms. The van der Waals surface area contributed by atoms with Crippen LogP contribution in [0.25, 0.3) is 0 Å². The standard InChI is InChI=1S/C18H22ClNO/c1-4-11-20-14(3)15-7-5-6-8-17(15)21-18-10-9-13(2)12-16(18)19/h5-10,12,14,20H,4,11H2,1-3H3. The molecular weight excluding hydrogens is 282 g/mol. The first kappa shape index (κ1) is 15.9. The van der Waals surface area contributed by atoms with Crippen LogP contribution in [-0.4, -0.2) is 6.54 Å². The first-order valence-electron chi connectivity index (χ1n) is 7.38. The van der Waals surface area contributed by atoms with E-state index in [0.717, 1.165) is 29.8 Å². The van der Waals surface area contributed by atoms with Crippen molar-refractivity contribution >= 4 is 11.6 Å². The predicted octanol–water partition coefficient (Wildman–Crippen LogP) is 5.50. The van der Waals surface area contributed by atoms with Gasteiger partial charge in [-0.05, 0) is 50.6 Å². The van der Waals surface area contributed by atoms with E-state index in [1.165, 1.54) is 0 Å². The zero-order valence-corrected chi connectivity index (χ0v) is 13.6. The van der Waals surface area contributed by atoms with Crippen molar-refractivity contribution < 1.29 is 4.74 Å². The smallest absolute Gasteiger partial charge is 0.146 e. The molecule has 1 atom stereocenters. The van der Waals surface area contributed by atoms with Gasteiger partial charge in [0, 0.05) is 11.6 Å². The summed E-state index contributed by atoms with van der Waals surface area (Å²) in [5.74, 6) is 1.54. The molecule has 0 aliphatic carbocycles. The van der Waals surface area contributed by atoms with Gasteiger partial charge in [0.1, 0.15) is 11.5 Å². The molecule has 0 aliphatic heterocycles. The van der Waals surface area contributed by atoms with Crippen LogP contribution < -0.4 is 10.1 Å². The van der Waals surface area contributed by atoms with Gasteiger partial charge in [-0.15, -0.1) is 0 Å². The Hall–Kier alpha value is -1.51. The lowest BCUT2D eigenvalue weighted by atomic mass is 10.1. The number of rotatable bonds is 6. The van der Waals surface area contributed by atoms with Gasteiger partial charge in [-0.1, -0.05) is 42.8 Å². The van der Waals surface area contributed by atoms with Gasteiger partial charge >= 0.3 is 0 Å². The van der Waals surface area contributed by atoms with Crippen molar-refractivity contribution in [1.82, 2.24) is 5.32 Å². The second kappa shape index (κ2) is 7.48. The van der Waals surface area contributed by atoms with Crippen LogP contribution in [0.15, 0.2) is 42.5 Å². The van der Waals surface area contributed by atoms with Crippen molar-refractivity contribution in [3.8, 4) is 11.5 Å². The third-order valence-electron chi connectivity index (χ3n) is 3.39. The molecule has 1 unspecified atom stereocenters. The van der Waals surface area contributed by atoms with E-state index in [0.29, 0.717) is 10.8 Å². The third-order valence-corrected chi connectivity index (χ3v) is 3.69. The van der Waals surface area contributed by atoms with Crippen LogP contribution in [0.1, 0.15) is 37.4 Å². The molecule has 1 N–H and O–H groups in total. The average molecular weight is 304 g/mol. The summed E-state index contributed by atoms with van der Waals surface area (Å²) >= 11 is 6.25. The van der Waals surface area contributed by atoms with Gasteiger partial charge in [-0.25, -0.2) is 0 Å². The predicted molar refractivity (Wildman–Crippen MR) is 89.4 cm³/mol. The van der Waals surface area contributed by atoms with E-state index in [2.05, 4.69) is 25.2 Å². The van der Waals surface area contributed by atoms with E-state index in [1.54, 1.807) is 0 Å². The molecule has 2 aromatic carbocycles. The Kier molecular flexibility index (Phi) is 5.66. The largest absolute Gasteiger partial charge is 0.455 e. The van der Waals surface area contributed by atoms with Gasteiger partial charge < -0.3 is 10.1 Å². The molecule has 0 spiro atoms. The Morgan fingerprint density at radius 2 is 1.90 bits per heavy atom. The number of para-hydroxylation sites is 1. The van der Waals surface area contributed by atoms with Crippen LogP contribution in [0, 0.1) is 6.92 Å². The van der Waals surface area contributed by atoms with Crippen molar-refractivity contribution in [1.29, 1.82) is 0 Å². The highest BCUT2D eigenvalue weighted by Crippen LogP contribution is 2.33. The lowest BCUT2D eigenvalue weighted by Gasteiger charge is -2.18. The Balaban J connectivity index is 2.23. The minimum absolute atomic E-state index is 0.241. The molecule has 112 valence electrons. The molecule has 21 heavy (non-hydrogen) atoms. The van der Waals surface area contributed by atoms with Gasteiger partial charge in [-0.3, -0.25) is 0 Å². The number of halogens is 1. The summed E-state index contributed by atoms with van der Waals surface area (Å²) in [5, 5.41) is 4.12. The highest BCUT2D eigenvalue weighted by molar-refractivity contribution is 6.32. The zero-order chi connectivity index (χ0) is 15.2. The maximum absolute atomic E-state index is 6.25. The van der Waals surface area contributed by atoms with Crippen LogP contribution in [0.2, 0.25) is 5.02 Å². The van der Waals surface area contributed by atoms with Gasteiger partial charge in [0.2, 0.25) is 0 Å². The Bertz CT molecular complexity index is 598. The van der Waals surface area contributed by atoms with Crippen molar-refractivity contribution in [2.75, 3.05) is 6.54 Å². The molecule has 0 radical (unpaired) electrons. The number of hydrogen-bond acceptors (Lipinski definition) is 2. The number of benzene rings is 2. The van der Waals surface area contributed by atoms with E-state index in [-0.39, 0.29) is 6.04 Å². The first-order chi connectivity index (χ1) is 10.1. The van der Waals surface area contributed by atoms with Crippen LogP contribution in [0.4, 0.5) is 0 Å². The van der Waals surface area contributed by atoms with Gasteiger partial charge in [-0.2, -0.15) is 0 Å². The van der Waals surface area contributed by atoms with Crippen LogP contribution in [0.5, 0.6) is 11.5 Å². The summed E-state index contributed by atoms with van der Waals surface area (Å²) in [4.78, 5) is 0. The van der Waals surface area contributed by atoms with E-state index < -0.39 is 0 Å². The maximum Gasteiger partial charge on any atom is 0.146 e. The third kappa shape index (κ3) is 4.23. The van der Waals surface area contributed by atoms with Crippen molar-refractivity contribution in [3.05, 3.63) is 58.6 Å². The van der Waals surface area contributed by atoms with Crippen molar-refractivity contribution in [2.24, 2.45) is 0 Å². The van der Waals surface area contributed by atoms with Gasteiger partial charge in [0.05, 0.1) is 5.02 Å². The summed E-state index contributed by atoms with van der Waals surface area (Å²) in [6.07, 6.45) is 1.11. The van der Waals surface area contributed by atoms with Crippen molar-refractivity contribution in [2.45, 2.75) is 33.2 Å². The quantitative estimate of drug-likeness (QED) is 0.760. The molecule has 0 aliphatic rings. The molecule has 0 amide bonds. The fourth-order valence-electron chi connectivity index (χ4n) is 2.21. The Morgan fingerprint density at radius 1 is 1.14 bits per heavy atom. The van der Waals surface area contributed by atoms with Gasteiger partial charge in [0.15, 0.2) is 0 Å². The fourth-order valence-corrected chi connectivity index (χ4v) is 2.48. The number of hydrogen-bond donors (Lipinski definition) is 1. The number of nitrogens with one attached hydrogen (secondary N) is 1. The highest BCUT2D eigenvalue weighted by atomic mass is 35.5. The topological polar surface area (TPSA) is 21.3 Å². The van der Waals surface area contributed by atoms with Crippen LogP contribution >= 0.6 is 11.6 Å². The SMILES string of the molecule is CCCNC(C)c1ccccc1Oc1ccc(C)cc1Cl.